The number of benzene rings is 1. The van der Waals surface area contributed by atoms with E-state index >= 15 is 0 Å². The van der Waals surface area contributed by atoms with Crippen LogP contribution < -0.4 is 0 Å². The van der Waals surface area contributed by atoms with Crippen molar-refractivity contribution >= 4 is 23.2 Å². The number of rotatable bonds is 3. The fourth-order valence-corrected chi connectivity index (χ4v) is 2.23. The van der Waals surface area contributed by atoms with Crippen LogP contribution in [0, 0.1) is 0 Å². The third-order valence-corrected chi connectivity index (χ3v) is 3.57. The number of nitrogens with zero attached hydrogens (tertiary/aromatic N) is 1. The lowest BCUT2D eigenvalue weighted by atomic mass is 10.2. The molecule has 92 valence electrons. The monoisotopic (exact) mass is 271 g/mol. The van der Waals surface area contributed by atoms with E-state index in [0.29, 0.717) is 10.0 Å². The van der Waals surface area contributed by atoms with E-state index in [-0.39, 0.29) is 6.10 Å². The number of morpholine rings is 1. The summed E-state index contributed by atoms with van der Waals surface area (Å²) in [6.07, 6.45) is 1.98. The number of halogens is 2. The van der Waals surface area contributed by atoms with Crippen molar-refractivity contribution in [3.8, 4) is 0 Å². The van der Waals surface area contributed by atoms with Crippen LogP contribution in [0.25, 0.3) is 0 Å². The maximum Gasteiger partial charge on any atom is 0.0880 e. The fourth-order valence-electron chi connectivity index (χ4n) is 1.91. The van der Waals surface area contributed by atoms with Gasteiger partial charge in [0.1, 0.15) is 0 Å². The Balaban J connectivity index is 2.00. The van der Waals surface area contributed by atoms with E-state index in [0.717, 1.165) is 26.2 Å². The summed E-state index contributed by atoms with van der Waals surface area (Å²) in [6.45, 7) is 7.19. The van der Waals surface area contributed by atoms with Crippen LogP contribution in [-0.4, -0.2) is 30.7 Å². The van der Waals surface area contributed by atoms with Crippen molar-refractivity contribution in [1.82, 2.24) is 4.90 Å². The predicted octanol–water partition coefficient (Wildman–Crippen LogP) is 3.38. The minimum atomic E-state index is 0.131. The van der Waals surface area contributed by atoms with Crippen LogP contribution in [0.4, 0.5) is 0 Å². The molecule has 0 bridgehead atoms. The molecule has 0 unspecified atom stereocenters. The zero-order chi connectivity index (χ0) is 12.3. The summed E-state index contributed by atoms with van der Waals surface area (Å²) in [7, 11) is 0. The van der Waals surface area contributed by atoms with Crippen LogP contribution in [0.5, 0.6) is 0 Å². The van der Waals surface area contributed by atoms with E-state index in [1.807, 2.05) is 24.3 Å². The van der Waals surface area contributed by atoms with Gasteiger partial charge in [-0.2, -0.15) is 0 Å². The van der Waals surface area contributed by atoms with Gasteiger partial charge in [-0.05, 0) is 17.7 Å². The van der Waals surface area contributed by atoms with Gasteiger partial charge in [0.25, 0.3) is 0 Å². The zero-order valence-electron chi connectivity index (χ0n) is 9.53. The van der Waals surface area contributed by atoms with Gasteiger partial charge < -0.3 is 4.74 Å². The smallest absolute Gasteiger partial charge is 0.0880 e. The van der Waals surface area contributed by atoms with Gasteiger partial charge in [-0.25, -0.2) is 0 Å². The standard InChI is InChI=1S/C13H15Cl2NO/c1-2-11-9-16(5-6-17-11)8-10-3-4-12(14)13(15)7-10/h2-4,7,11H,1,5-6,8-9H2/t11-/m0/s1. The molecule has 0 aliphatic carbocycles. The Morgan fingerprint density at radius 1 is 1.41 bits per heavy atom. The highest BCUT2D eigenvalue weighted by molar-refractivity contribution is 6.42. The molecule has 2 nitrogen and oxygen atoms in total. The number of hydrogen-bond donors (Lipinski definition) is 0. The van der Waals surface area contributed by atoms with E-state index < -0.39 is 0 Å². The van der Waals surface area contributed by atoms with Crippen LogP contribution in [0.15, 0.2) is 30.9 Å². The Morgan fingerprint density at radius 3 is 2.94 bits per heavy atom. The lowest BCUT2D eigenvalue weighted by molar-refractivity contribution is -0.00631. The van der Waals surface area contributed by atoms with E-state index in [9.17, 15) is 0 Å². The summed E-state index contributed by atoms with van der Waals surface area (Å²) in [4.78, 5) is 2.33. The molecule has 0 amide bonds. The third-order valence-electron chi connectivity index (χ3n) is 2.83. The van der Waals surface area contributed by atoms with Crippen LogP contribution in [0.2, 0.25) is 10.0 Å². The SMILES string of the molecule is C=C[C@H]1CN(Cc2ccc(Cl)c(Cl)c2)CCO1. The van der Waals surface area contributed by atoms with Crippen LogP contribution in [-0.2, 0) is 11.3 Å². The van der Waals surface area contributed by atoms with Crippen molar-refractivity contribution in [2.45, 2.75) is 12.6 Å². The van der Waals surface area contributed by atoms with E-state index in [4.69, 9.17) is 27.9 Å². The molecule has 0 saturated carbocycles. The first-order valence-electron chi connectivity index (χ1n) is 5.59. The first-order valence-corrected chi connectivity index (χ1v) is 6.35. The third kappa shape index (κ3) is 3.46. The van der Waals surface area contributed by atoms with Gasteiger partial charge in [-0.1, -0.05) is 35.3 Å². The normalized spacial score (nSPS) is 21.4. The number of hydrogen-bond acceptors (Lipinski definition) is 2. The van der Waals surface area contributed by atoms with Crippen molar-refractivity contribution in [2.24, 2.45) is 0 Å². The van der Waals surface area contributed by atoms with Gasteiger partial charge >= 0.3 is 0 Å². The molecule has 1 aliphatic heterocycles. The highest BCUT2D eigenvalue weighted by atomic mass is 35.5. The molecular weight excluding hydrogens is 257 g/mol. The average molecular weight is 272 g/mol. The maximum absolute atomic E-state index is 6.00. The van der Waals surface area contributed by atoms with Crippen molar-refractivity contribution in [3.05, 3.63) is 46.5 Å². The fraction of sp³-hybridized carbons (Fsp3) is 0.385. The molecule has 1 heterocycles. The predicted molar refractivity (Wildman–Crippen MR) is 71.7 cm³/mol. The minimum Gasteiger partial charge on any atom is -0.371 e. The summed E-state index contributed by atoms with van der Waals surface area (Å²) in [5.41, 5.74) is 1.17. The highest BCUT2D eigenvalue weighted by Gasteiger charge is 2.17. The first kappa shape index (κ1) is 12.9. The Labute approximate surface area is 112 Å². The molecule has 1 aliphatic rings. The maximum atomic E-state index is 6.00. The van der Waals surface area contributed by atoms with Gasteiger partial charge in [0.15, 0.2) is 0 Å². The quantitative estimate of drug-likeness (QED) is 0.782. The second-order valence-electron chi connectivity index (χ2n) is 4.13. The minimum absolute atomic E-state index is 0.131. The molecule has 17 heavy (non-hydrogen) atoms. The highest BCUT2D eigenvalue weighted by Crippen LogP contribution is 2.23. The van der Waals surface area contributed by atoms with E-state index in [1.165, 1.54) is 5.56 Å². The molecule has 1 aromatic rings. The summed E-state index contributed by atoms with van der Waals surface area (Å²) < 4.78 is 5.53. The molecule has 1 atom stereocenters. The van der Waals surface area contributed by atoms with Gasteiger partial charge in [-0.15, -0.1) is 6.58 Å². The summed E-state index contributed by atoms with van der Waals surface area (Å²) >= 11 is 11.9. The summed E-state index contributed by atoms with van der Waals surface area (Å²) in [6, 6.07) is 5.76. The molecule has 0 aromatic heterocycles. The second kappa shape index (κ2) is 5.87. The topological polar surface area (TPSA) is 12.5 Å². The van der Waals surface area contributed by atoms with Crippen molar-refractivity contribution < 1.29 is 4.74 Å². The Bertz CT molecular complexity index is 408. The first-order chi connectivity index (χ1) is 8.19. The Morgan fingerprint density at radius 2 is 2.24 bits per heavy atom. The largest absolute Gasteiger partial charge is 0.371 e. The Hall–Kier alpha value is -0.540. The molecule has 1 saturated heterocycles. The molecule has 0 N–H and O–H groups in total. The summed E-state index contributed by atoms with van der Waals surface area (Å²) in [5, 5.41) is 1.21. The van der Waals surface area contributed by atoms with Gasteiger partial charge in [0.2, 0.25) is 0 Å². The molecule has 4 heteroatoms. The van der Waals surface area contributed by atoms with Crippen molar-refractivity contribution in [1.29, 1.82) is 0 Å². The zero-order valence-corrected chi connectivity index (χ0v) is 11.0. The lowest BCUT2D eigenvalue weighted by Gasteiger charge is -2.31. The molecular formula is C13H15Cl2NO. The molecule has 1 fully saturated rings. The molecule has 0 radical (unpaired) electrons. The molecule has 0 spiro atoms. The Kier molecular flexibility index (Phi) is 4.46. The van der Waals surface area contributed by atoms with Gasteiger partial charge in [0.05, 0.1) is 22.8 Å². The van der Waals surface area contributed by atoms with Gasteiger partial charge in [0, 0.05) is 19.6 Å². The van der Waals surface area contributed by atoms with E-state index in [1.54, 1.807) is 0 Å². The average Bonchev–Trinajstić information content (AvgIpc) is 2.34. The van der Waals surface area contributed by atoms with Gasteiger partial charge in [-0.3, -0.25) is 4.90 Å². The summed E-state index contributed by atoms with van der Waals surface area (Å²) in [5.74, 6) is 0. The molecule has 2 rings (SSSR count). The van der Waals surface area contributed by atoms with E-state index in [2.05, 4.69) is 11.5 Å². The molecule has 1 aromatic carbocycles. The second-order valence-corrected chi connectivity index (χ2v) is 4.94. The number of ether oxygens (including phenoxy) is 1. The van der Waals surface area contributed by atoms with Crippen molar-refractivity contribution in [2.75, 3.05) is 19.7 Å². The van der Waals surface area contributed by atoms with Crippen LogP contribution in [0.3, 0.4) is 0 Å². The lowest BCUT2D eigenvalue weighted by Crippen LogP contribution is -2.40. The van der Waals surface area contributed by atoms with Crippen LogP contribution in [0.1, 0.15) is 5.56 Å². The van der Waals surface area contributed by atoms with Crippen LogP contribution >= 0.6 is 23.2 Å². The van der Waals surface area contributed by atoms with Crippen molar-refractivity contribution in [3.63, 3.8) is 0 Å².